The third-order valence-corrected chi connectivity index (χ3v) is 6.38. The van der Waals surface area contributed by atoms with Gasteiger partial charge in [0.15, 0.2) is 11.0 Å². The van der Waals surface area contributed by atoms with Crippen molar-refractivity contribution in [2.24, 2.45) is 0 Å². The lowest BCUT2D eigenvalue weighted by Gasteiger charge is -2.13. The van der Waals surface area contributed by atoms with E-state index in [4.69, 9.17) is 27.9 Å². The van der Waals surface area contributed by atoms with Crippen LogP contribution < -0.4 is 15.4 Å². The van der Waals surface area contributed by atoms with E-state index in [0.717, 1.165) is 11.3 Å². The summed E-state index contributed by atoms with van der Waals surface area (Å²) in [5.41, 5.74) is 2.00. The minimum atomic E-state index is -0.516. The molecule has 3 aromatic carbocycles. The van der Waals surface area contributed by atoms with Crippen molar-refractivity contribution >= 4 is 46.7 Å². The lowest BCUT2D eigenvalue weighted by atomic mass is 10.2. The van der Waals surface area contributed by atoms with Gasteiger partial charge in [-0.1, -0.05) is 53.2 Å². The summed E-state index contributed by atoms with van der Waals surface area (Å²) in [5, 5.41) is 15.4. The quantitative estimate of drug-likeness (QED) is 0.259. The predicted octanol–water partition coefficient (Wildman–Crippen LogP) is 6.34. The number of anilines is 1. The number of carbonyl (C=O) groups is 1. The van der Waals surface area contributed by atoms with Crippen molar-refractivity contribution < 1.29 is 13.9 Å². The molecule has 180 valence electrons. The van der Waals surface area contributed by atoms with Gasteiger partial charge in [-0.3, -0.25) is 4.57 Å². The second kappa shape index (κ2) is 11.4. The Kier molecular flexibility index (Phi) is 8.12. The second-order valence-corrected chi connectivity index (χ2v) is 9.07. The van der Waals surface area contributed by atoms with E-state index in [1.807, 2.05) is 24.3 Å². The number of thioether (sulfide) groups is 1. The summed E-state index contributed by atoms with van der Waals surface area (Å²) in [6.07, 6.45) is 0. The molecular formula is C24H20Cl2FN5O2S. The maximum absolute atomic E-state index is 13.4. The third-order valence-electron chi connectivity index (χ3n) is 4.84. The molecule has 0 saturated carbocycles. The van der Waals surface area contributed by atoms with Crippen LogP contribution in [0.1, 0.15) is 11.4 Å². The van der Waals surface area contributed by atoms with Gasteiger partial charge in [0.05, 0.1) is 24.4 Å². The molecule has 0 fully saturated rings. The molecule has 35 heavy (non-hydrogen) atoms. The molecule has 4 aromatic rings. The van der Waals surface area contributed by atoms with Gasteiger partial charge >= 0.3 is 6.03 Å². The number of rotatable bonds is 8. The summed E-state index contributed by atoms with van der Waals surface area (Å²) >= 11 is 14.0. The number of urea groups is 1. The molecule has 0 spiro atoms. The van der Waals surface area contributed by atoms with Gasteiger partial charge in [0.2, 0.25) is 0 Å². The molecule has 0 radical (unpaired) electrons. The standard InChI is InChI=1S/C24H20Cl2FN5O2S/c1-34-19-7-2-4-15(10-19)14-35-24-31-30-22(32(24)21-9-8-16(25)11-20(21)26)13-28-23(33)29-18-6-3-5-17(27)12-18/h2-12H,13-14H2,1H3,(H2,28,29,33). The number of methoxy groups -OCH3 is 1. The van der Waals surface area contributed by atoms with E-state index in [2.05, 4.69) is 20.8 Å². The Hall–Kier alpha value is -3.27. The Morgan fingerprint density at radius 2 is 1.91 bits per heavy atom. The van der Waals surface area contributed by atoms with Gasteiger partial charge in [0.25, 0.3) is 0 Å². The second-order valence-electron chi connectivity index (χ2n) is 7.29. The van der Waals surface area contributed by atoms with Crippen LogP contribution in [0.25, 0.3) is 5.69 Å². The Labute approximate surface area is 215 Å². The molecule has 7 nitrogen and oxygen atoms in total. The summed E-state index contributed by atoms with van der Waals surface area (Å²) in [5.74, 6) is 1.38. The van der Waals surface area contributed by atoms with Crippen LogP contribution in [0, 0.1) is 5.82 Å². The van der Waals surface area contributed by atoms with Crippen molar-refractivity contribution in [1.82, 2.24) is 20.1 Å². The fourth-order valence-electron chi connectivity index (χ4n) is 3.22. The van der Waals surface area contributed by atoms with Crippen LogP contribution in [-0.2, 0) is 12.3 Å². The van der Waals surface area contributed by atoms with Crippen molar-refractivity contribution in [2.45, 2.75) is 17.5 Å². The van der Waals surface area contributed by atoms with Gasteiger partial charge in [-0.2, -0.15) is 0 Å². The van der Waals surface area contributed by atoms with Crippen molar-refractivity contribution in [3.05, 3.63) is 94.0 Å². The summed E-state index contributed by atoms with van der Waals surface area (Å²) in [4.78, 5) is 12.4. The minimum absolute atomic E-state index is 0.0484. The molecule has 0 saturated heterocycles. The van der Waals surface area contributed by atoms with Crippen molar-refractivity contribution in [3.8, 4) is 11.4 Å². The van der Waals surface area contributed by atoms with Gasteiger partial charge in [0.1, 0.15) is 11.6 Å². The van der Waals surface area contributed by atoms with E-state index in [9.17, 15) is 9.18 Å². The fraction of sp³-hybridized carbons (Fsp3) is 0.125. The highest BCUT2D eigenvalue weighted by Gasteiger charge is 2.18. The van der Waals surface area contributed by atoms with E-state index in [0.29, 0.717) is 38.2 Å². The monoisotopic (exact) mass is 531 g/mol. The van der Waals surface area contributed by atoms with E-state index >= 15 is 0 Å². The molecule has 11 heteroatoms. The van der Waals surface area contributed by atoms with Gasteiger partial charge < -0.3 is 15.4 Å². The number of hydrogen-bond donors (Lipinski definition) is 2. The molecule has 2 N–H and O–H groups in total. The zero-order valence-electron chi connectivity index (χ0n) is 18.5. The average Bonchev–Trinajstić information content (AvgIpc) is 3.24. The van der Waals surface area contributed by atoms with Gasteiger partial charge in [0, 0.05) is 16.5 Å². The molecule has 0 aliphatic heterocycles. The van der Waals surface area contributed by atoms with Crippen LogP contribution >= 0.6 is 35.0 Å². The molecule has 0 aliphatic carbocycles. The topological polar surface area (TPSA) is 81.1 Å². The third kappa shape index (κ3) is 6.45. The molecule has 0 aliphatic rings. The summed E-state index contributed by atoms with van der Waals surface area (Å²) in [6, 6.07) is 17.9. The Bertz CT molecular complexity index is 1350. The molecule has 1 heterocycles. The first-order chi connectivity index (χ1) is 16.9. The number of benzene rings is 3. The largest absolute Gasteiger partial charge is 0.497 e. The molecule has 0 unspecified atom stereocenters. The number of amides is 2. The van der Waals surface area contributed by atoms with Crippen molar-refractivity contribution in [3.63, 3.8) is 0 Å². The first kappa shape index (κ1) is 24.8. The molecule has 0 atom stereocenters. The van der Waals surface area contributed by atoms with Crippen LogP contribution in [0.4, 0.5) is 14.9 Å². The van der Waals surface area contributed by atoms with Gasteiger partial charge in [-0.25, -0.2) is 9.18 Å². The average molecular weight is 532 g/mol. The first-order valence-corrected chi connectivity index (χ1v) is 12.1. The Morgan fingerprint density at radius 3 is 2.69 bits per heavy atom. The number of aromatic nitrogens is 3. The normalized spacial score (nSPS) is 10.7. The van der Waals surface area contributed by atoms with Crippen molar-refractivity contribution in [1.29, 1.82) is 0 Å². The summed E-state index contributed by atoms with van der Waals surface area (Å²) < 4.78 is 20.5. The predicted molar refractivity (Wildman–Crippen MR) is 136 cm³/mol. The van der Waals surface area contributed by atoms with E-state index in [-0.39, 0.29) is 6.54 Å². The van der Waals surface area contributed by atoms with Gasteiger partial charge in [-0.15, -0.1) is 10.2 Å². The number of ether oxygens (including phenoxy) is 1. The van der Waals surface area contributed by atoms with Crippen LogP contribution in [0.3, 0.4) is 0 Å². The Balaban J connectivity index is 1.55. The molecular weight excluding hydrogens is 512 g/mol. The zero-order chi connectivity index (χ0) is 24.8. The summed E-state index contributed by atoms with van der Waals surface area (Å²) in [7, 11) is 1.62. The van der Waals surface area contributed by atoms with Gasteiger partial charge in [-0.05, 0) is 54.1 Å². The minimum Gasteiger partial charge on any atom is -0.497 e. The van der Waals surface area contributed by atoms with Crippen molar-refractivity contribution in [2.75, 3.05) is 12.4 Å². The Morgan fingerprint density at radius 1 is 1.09 bits per heavy atom. The number of nitrogens with zero attached hydrogens (tertiary/aromatic N) is 3. The van der Waals surface area contributed by atoms with Crippen LogP contribution in [0.2, 0.25) is 10.0 Å². The van der Waals surface area contributed by atoms with E-state index in [1.54, 1.807) is 35.9 Å². The van der Waals surface area contributed by atoms with E-state index < -0.39 is 11.8 Å². The highest BCUT2D eigenvalue weighted by molar-refractivity contribution is 7.98. The number of halogens is 3. The number of carbonyl (C=O) groups excluding carboxylic acids is 1. The number of hydrogen-bond acceptors (Lipinski definition) is 5. The highest BCUT2D eigenvalue weighted by atomic mass is 35.5. The lowest BCUT2D eigenvalue weighted by molar-refractivity contribution is 0.251. The van der Waals surface area contributed by atoms with Crippen LogP contribution in [-0.4, -0.2) is 27.9 Å². The van der Waals surface area contributed by atoms with Crippen LogP contribution in [0.15, 0.2) is 71.9 Å². The lowest BCUT2D eigenvalue weighted by Crippen LogP contribution is -2.29. The molecule has 0 bridgehead atoms. The SMILES string of the molecule is COc1cccc(CSc2nnc(CNC(=O)Nc3cccc(F)c3)n2-c2ccc(Cl)cc2Cl)c1. The molecule has 1 aromatic heterocycles. The highest BCUT2D eigenvalue weighted by Crippen LogP contribution is 2.31. The maximum Gasteiger partial charge on any atom is 0.319 e. The fourth-order valence-corrected chi connectivity index (χ4v) is 4.62. The first-order valence-electron chi connectivity index (χ1n) is 10.4. The zero-order valence-corrected chi connectivity index (χ0v) is 20.8. The molecule has 2 amide bonds. The maximum atomic E-state index is 13.4. The number of nitrogens with one attached hydrogen (secondary N) is 2. The smallest absolute Gasteiger partial charge is 0.319 e. The summed E-state index contributed by atoms with van der Waals surface area (Å²) in [6.45, 7) is 0.0484. The molecule has 4 rings (SSSR count). The van der Waals surface area contributed by atoms with E-state index in [1.165, 1.54) is 30.0 Å². The van der Waals surface area contributed by atoms with Crippen LogP contribution in [0.5, 0.6) is 5.75 Å².